The second-order valence-corrected chi connectivity index (χ2v) is 6.49. The molecular weight excluding hydrogens is 404 g/mol. The number of rotatable bonds is 7. The fourth-order valence-corrected chi connectivity index (χ4v) is 2.87. The van der Waals surface area contributed by atoms with Gasteiger partial charge in [-0.1, -0.05) is 19.1 Å². The number of nitrogens with one attached hydrogen (secondary N) is 1. The highest BCUT2D eigenvalue weighted by Crippen LogP contribution is 2.30. The molecule has 0 atom stereocenters. The molecule has 3 rings (SSSR count). The maximum atomic E-state index is 13.6. The first-order valence-corrected chi connectivity index (χ1v) is 9.01. The molecule has 0 fully saturated rings. The van der Waals surface area contributed by atoms with Crippen LogP contribution in [-0.2, 0) is 11.0 Å². The number of hydroxylamine groups is 1. The maximum absolute atomic E-state index is 13.6. The van der Waals surface area contributed by atoms with Crippen molar-refractivity contribution in [2.45, 2.75) is 19.5 Å². The molecule has 3 aromatic rings. The molecule has 30 heavy (non-hydrogen) atoms. The summed E-state index contributed by atoms with van der Waals surface area (Å²) in [6.45, 7) is 2.23. The molecular formula is C21H18F4N2O3. The zero-order valence-electron chi connectivity index (χ0n) is 15.8. The van der Waals surface area contributed by atoms with Gasteiger partial charge in [0.15, 0.2) is 0 Å². The summed E-state index contributed by atoms with van der Waals surface area (Å²) in [7, 11) is 0. The number of aromatic carboxylic acids is 1. The number of carboxylic acid groups (broad SMARTS) is 1. The van der Waals surface area contributed by atoms with E-state index in [1.54, 1.807) is 0 Å². The summed E-state index contributed by atoms with van der Waals surface area (Å²) in [5.41, 5.74) is 2.89. The molecule has 2 aromatic carbocycles. The van der Waals surface area contributed by atoms with Gasteiger partial charge in [-0.2, -0.15) is 13.2 Å². The fourth-order valence-electron chi connectivity index (χ4n) is 2.87. The van der Waals surface area contributed by atoms with Crippen LogP contribution in [0.25, 0.3) is 22.8 Å². The van der Waals surface area contributed by atoms with Gasteiger partial charge in [0, 0.05) is 23.3 Å². The number of fused-ring (bicyclic) bond motifs is 1. The zero-order chi connectivity index (χ0) is 21.9. The van der Waals surface area contributed by atoms with E-state index in [2.05, 4.69) is 5.48 Å². The molecule has 0 bridgehead atoms. The van der Waals surface area contributed by atoms with E-state index in [0.717, 1.165) is 18.2 Å². The van der Waals surface area contributed by atoms with Crippen molar-refractivity contribution in [3.05, 3.63) is 71.2 Å². The van der Waals surface area contributed by atoms with Crippen LogP contribution in [0.4, 0.5) is 17.6 Å². The topological polar surface area (TPSA) is 63.5 Å². The molecule has 0 amide bonds. The first kappa shape index (κ1) is 21.4. The van der Waals surface area contributed by atoms with E-state index in [-0.39, 0.29) is 10.9 Å². The van der Waals surface area contributed by atoms with Gasteiger partial charge in [-0.05, 0) is 36.8 Å². The van der Waals surface area contributed by atoms with E-state index >= 15 is 0 Å². The minimum Gasteiger partial charge on any atom is -0.478 e. The molecule has 0 aliphatic carbocycles. The maximum Gasteiger partial charge on any atom is 0.416 e. The molecule has 158 valence electrons. The summed E-state index contributed by atoms with van der Waals surface area (Å²) >= 11 is 0. The monoisotopic (exact) mass is 422 g/mol. The SMILES string of the molecule is CCCONC(=Cn1cc(C(=O)O)c2cc(F)ccc21)c1ccc(C(F)(F)F)cc1. The van der Waals surface area contributed by atoms with E-state index in [0.29, 0.717) is 29.8 Å². The average Bonchev–Trinajstić information content (AvgIpc) is 3.04. The standard InChI is InChI=1S/C21H18F4N2O3/c1-2-9-30-26-18(13-3-5-14(6-4-13)21(23,24)25)12-27-11-17(20(28)29)16-10-15(22)7-8-19(16)27/h3-8,10-12,26H,2,9H2,1H3,(H,28,29). The highest BCUT2D eigenvalue weighted by atomic mass is 19.4. The molecule has 0 aliphatic heterocycles. The van der Waals surface area contributed by atoms with Crippen molar-refractivity contribution in [2.24, 2.45) is 0 Å². The third kappa shape index (κ3) is 4.62. The van der Waals surface area contributed by atoms with Crippen molar-refractivity contribution in [3.63, 3.8) is 0 Å². The molecule has 0 radical (unpaired) electrons. The molecule has 0 aliphatic rings. The smallest absolute Gasteiger partial charge is 0.416 e. The molecule has 0 saturated heterocycles. The Hall–Kier alpha value is -3.33. The van der Waals surface area contributed by atoms with Gasteiger partial charge < -0.3 is 9.67 Å². The molecule has 1 aromatic heterocycles. The largest absolute Gasteiger partial charge is 0.478 e. The number of aromatic nitrogens is 1. The quantitative estimate of drug-likeness (QED) is 0.305. The summed E-state index contributed by atoms with van der Waals surface area (Å²) < 4.78 is 53.6. The number of hydrogen-bond donors (Lipinski definition) is 2. The van der Waals surface area contributed by atoms with E-state index in [1.165, 1.54) is 41.2 Å². The summed E-state index contributed by atoms with van der Waals surface area (Å²) in [5, 5.41) is 9.61. The highest BCUT2D eigenvalue weighted by molar-refractivity contribution is 6.04. The van der Waals surface area contributed by atoms with Gasteiger partial charge in [0.2, 0.25) is 0 Å². The Kier molecular flexibility index (Phi) is 6.12. The molecule has 0 saturated carbocycles. The summed E-state index contributed by atoms with van der Waals surface area (Å²) in [4.78, 5) is 16.9. The fraction of sp³-hybridized carbons (Fsp3) is 0.190. The van der Waals surface area contributed by atoms with Crippen LogP contribution in [0, 0.1) is 5.82 Å². The van der Waals surface area contributed by atoms with E-state index in [9.17, 15) is 27.5 Å². The lowest BCUT2D eigenvalue weighted by Gasteiger charge is -2.13. The lowest BCUT2D eigenvalue weighted by Crippen LogP contribution is -2.15. The van der Waals surface area contributed by atoms with E-state index in [1.807, 2.05) is 6.92 Å². The van der Waals surface area contributed by atoms with Crippen LogP contribution in [0.2, 0.25) is 0 Å². The molecule has 0 spiro atoms. The van der Waals surface area contributed by atoms with Crippen molar-refractivity contribution in [1.82, 2.24) is 10.0 Å². The van der Waals surface area contributed by atoms with Gasteiger partial charge in [-0.3, -0.25) is 10.3 Å². The first-order valence-electron chi connectivity index (χ1n) is 9.01. The van der Waals surface area contributed by atoms with Gasteiger partial charge in [-0.15, -0.1) is 0 Å². The van der Waals surface area contributed by atoms with Gasteiger partial charge >= 0.3 is 12.1 Å². The lowest BCUT2D eigenvalue weighted by molar-refractivity contribution is -0.137. The number of halogens is 4. The predicted octanol–water partition coefficient (Wildman–Crippen LogP) is 5.38. The van der Waals surface area contributed by atoms with Gasteiger partial charge in [0.25, 0.3) is 0 Å². The van der Waals surface area contributed by atoms with Crippen LogP contribution in [-0.4, -0.2) is 22.2 Å². The number of alkyl halides is 3. The van der Waals surface area contributed by atoms with Gasteiger partial charge in [0.05, 0.1) is 28.9 Å². The van der Waals surface area contributed by atoms with Gasteiger partial charge in [0.1, 0.15) is 5.82 Å². The van der Waals surface area contributed by atoms with E-state index in [4.69, 9.17) is 4.84 Å². The molecule has 2 N–H and O–H groups in total. The number of carbonyl (C=O) groups is 1. The predicted molar refractivity (Wildman–Crippen MR) is 104 cm³/mol. The second kappa shape index (κ2) is 8.58. The summed E-state index contributed by atoms with van der Waals surface area (Å²) in [6, 6.07) is 8.16. The lowest BCUT2D eigenvalue weighted by atomic mass is 10.1. The van der Waals surface area contributed by atoms with E-state index < -0.39 is 23.5 Å². The van der Waals surface area contributed by atoms with Crippen molar-refractivity contribution in [3.8, 4) is 0 Å². The highest BCUT2D eigenvalue weighted by Gasteiger charge is 2.30. The average molecular weight is 422 g/mol. The number of nitrogens with zero attached hydrogens (tertiary/aromatic N) is 1. The molecule has 0 unspecified atom stereocenters. The molecule has 9 heteroatoms. The number of hydrogen-bond acceptors (Lipinski definition) is 3. The Bertz CT molecular complexity index is 1090. The second-order valence-electron chi connectivity index (χ2n) is 6.49. The number of benzene rings is 2. The Balaban J connectivity index is 2.09. The van der Waals surface area contributed by atoms with Crippen LogP contribution in [0.3, 0.4) is 0 Å². The van der Waals surface area contributed by atoms with Gasteiger partial charge in [-0.25, -0.2) is 9.18 Å². The summed E-state index contributed by atoms with van der Waals surface area (Å²) in [5.74, 6) is -1.82. The van der Waals surface area contributed by atoms with Crippen LogP contribution in [0.1, 0.15) is 34.8 Å². The third-order valence-electron chi connectivity index (χ3n) is 4.31. The molecule has 5 nitrogen and oxygen atoms in total. The first-order chi connectivity index (χ1) is 14.2. The molecule has 1 heterocycles. The van der Waals surface area contributed by atoms with Crippen LogP contribution in [0.5, 0.6) is 0 Å². The normalized spacial score (nSPS) is 12.4. The minimum absolute atomic E-state index is 0.109. The van der Waals surface area contributed by atoms with Crippen LogP contribution in [0.15, 0.2) is 48.7 Å². The van der Waals surface area contributed by atoms with Crippen LogP contribution >= 0.6 is 0 Å². The Labute approximate surface area is 169 Å². The minimum atomic E-state index is -4.47. The Morgan fingerprint density at radius 2 is 1.90 bits per heavy atom. The Morgan fingerprint density at radius 3 is 2.50 bits per heavy atom. The van der Waals surface area contributed by atoms with Crippen molar-refractivity contribution in [2.75, 3.05) is 6.61 Å². The zero-order valence-corrected chi connectivity index (χ0v) is 15.8. The van der Waals surface area contributed by atoms with Crippen molar-refractivity contribution in [1.29, 1.82) is 0 Å². The summed E-state index contributed by atoms with van der Waals surface area (Å²) in [6.07, 6.45) is -0.989. The third-order valence-corrected chi connectivity index (χ3v) is 4.31. The van der Waals surface area contributed by atoms with Crippen molar-refractivity contribution < 1.29 is 32.3 Å². The number of carboxylic acids is 1. The Morgan fingerprint density at radius 1 is 1.20 bits per heavy atom. The van der Waals surface area contributed by atoms with Crippen molar-refractivity contribution >= 4 is 28.8 Å². The van der Waals surface area contributed by atoms with Crippen LogP contribution < -0.4 is 5.48 Å².